The molecule has 39 heavy (non-hydrogen) atoms. The highest BCUT2D eigenvalue weighted by Gasteiger charge is 2.48. The number of anilines is 1. The molecule has 1 saturated heterocycles. The Morgan fingerprint density at radius 2 is 1.90 bits per heavy atom. The molecule has 0 unspecified atom stereocenters. The Morgan fingerprint density at radius 1 is 1.10 bits per heavy atom. The van der Waals surface area contributed by atoms with Gasteiger partial charge in [0.15, 0.2) is 5.13 Å². The van der Waals surface area contributed by atoms with Crippen LogP contribution in [0.1, 0.15) is 33.9 Å². The summed E-state index contributed by atoms with van der Waals surface area (Å²) in [5.74, 6) is -0.602. The molecule has 1 aromatic heterocycles. The number of amides is 1. The number of aliphatic hydroxyl groups excluding tert-OH is 1. The number of thiazole rings is 1. The first kappa shape index (κ1) is 26.2. The number of hydrogen-bond donors (Lipinski definition) is 1. The number of ether oxygens (including phenoxy) is 2. The van der Waals surface area contributed by atoms with E-state index in [-0.39, 0.29) is 11.3 Å². The molecule has 0 radical (unpaired) electrons. The average Bonchev–Trinajstić information content (AvgIpc) is 3.45. The number of methoxy groups -OCH3 is 1. The van der Waals surface area contributed by atoms with Crippen molar-refractivity contribution in [3.05, 3.63) is 101 Å². The number of aliphatic hydroxyl groups is 1. The largest absolute Gasteiger partial charge is 0.507 e. The second-order valence-electron chi connectivity index (χ2n) is 9.45. The third kappa shape index (κ3) is 4.68. The van der Waals surface area contributed by atoms with Crippen LogP contribution in [0.4, 0.5) is 5.13 Å². The summed E-state index contributed by atoms with van der Waals surface area (Å²) in [6, 6.07) is 15.4. The van der Waals surface area contributed by atoms with Crippen molar-refractivity contribution in [3.63, 3.8) is 0 Å². The van der Waals surface area contributed by atoms with Crippen LogP contribution in [0.5, 0.6) is 11.5 Å². The van der Waals surface area contributed by atoms with E-state index in [4.69, 9.17) is 14.5 Å². The monoisotopic (exact) mass is 540 g/mol. The summed E-state index contributed by atoms with van der Waals surface area (Å²) < 4.78 is 12.0. The molecule has 3 aromatic carbocycles. The van der Waals surface area contributed by atoms with Crippen molar-refractivity contribution in [1.82, 2.24) is 4.98 Å². The van der Waals surface area contributed by atoms with E-state index in [1.54, 1.807) is 55.7 Å². The highest BCUT2D eigenvalue weighted by molar-refractivity contribution is 7.22. The number of ketones is 1. The van der Waals surface area contributed by atoms with E-state index in [1.165, 1.54) is 16.2 Å². The Hall–Kier alpha value is -4.43. The second kappa shape index (κ2) is 10.4. The summed E-state index contributed by atoms with van der Waals surface area (Å²) in [6.07, 6.45) is 1.64. The van der Waals surface area contributed by atoms with E-state index in [0.717, 1.165) is 26.9 Å². The number of nitrogens with zero attached hydrogens (tertiary/aromatic N) is 2. The number of benzene rings is 3. The SMILES string of the molecule is C=CCOc1cccc([C@H]2/C(=C(\O)c3ccc(OC)c(C)c3)C(=O)C(=O)N2c2nc3c(C)cc(C)cc3s2)c1. The molecule has 1 atom stereocenters. The molecule has 1 fully saturated rings. The van der Waals surface area contributed by atoms with Crippen molar-refractivity contribution >= 4 is 44.1 Å². The van der Waals surface area contributed by atoms with Gasteiger partial charge >= 0.3 is 5.91 Å². The molecule has 1 amide bonds. The van der Waals surface area contributed by atoms with Crippen LogP contribution in [-0.4, -0.2) is 35.5 Å². The Morgan fingerprint density at radius 3 is 2.62 bits per heavy atom. The van der Waals surface area contributed by atoms with Crippen molar-refractivity contribution in [1.29, 1.82) is 0 Å². The zero-order valence-corrected chi connectivity index (χ0v) is 23.0. The lowest BCUT2D eigenvalue weighted by atomic mass is 9.94. The number of aromatic nitrogens is 1. The van der Waals surface area contributed by atoms with Gasteiger partial charge in [-0.1, -0.05) is 42.2 Å². The van der Waals surface area contributed by atoms with E-state index in [1.807, 2.05) is 32.9 Å². The molecule has 1 aliphatic rings. The van der Waals surface area contributed by atoms with Crippen LogP contribution in [0, 0.1) is 20.8 Å². The van der Waals surface area contributed by atoms with Gasteiger partial charge < -0.3 is 14.6 Å². The fourth-order valence-corrected chi connectivity index (χ4v) is 6.09. The number of fused-ring (bicyclic) bond motifs is 1. The van der Waals surface area contributed by atoms with Gasteiger partial charge in [-0.05, 0) is 79.4 Å². The molecule has 4 aromatic rings. The van der Waals surface area contributed by atoms with Gasteiger partial charge in [-0.3, -0.25) is 14.5 Å². The number of Topliss-reactive ketones (excluding diaryl/α,β-unsaturated/α-hetero) is 1. The predicted octanol–water partition coefficient (Wildman–Crippen LogP) is 6.42. The minimum atomic E-state index is -0.915. The first-order chi connectivity index (χ1) is 18.7. The number of hydrogen-bond acceptors (Lipinski definition) is 7. The fourth-order valence-electron chi connectivity index (χ4n) is 4.92. The number of rotatable bonds is 7. The van der Waals surface area contributed by atoms with Crippen LogP contribution in [0.3, 0.4) is 0 Å². The van der Waals surface area contributed by atoms with Crippen LogP contribution >= 0.6 is 11.3 Å². The zero-order chi connectivity index (χ0) is 27.8. The lowest BCUT2D eigenvalue weighted by Gasteiger charge is -2.23. The van der Waals surface area contributed by atoms with Crippen LogP contribution in [-0.2, 0) is 9.59 Å². The van der Waals surface area contributed by atoms with Gasteiger partial charge in [-0.2, -0.15) is 0 Å². The molecule has 5 rings (SSSR count). The third-order valence-electron chi connectivity index (χ3n) is 6.68. The Bertz CT molecular complexity index is 1670. The van der Waals surface area contributed by atoms with E-state index < -0.39 is 17.7 Å². The van der Waals surface area contributed by atoms with Crippen molar-refractivity contribution < 1.29 is 24.2 Å². The molecule has 7 nitrogen and oxygen atoms in total. The molecule has 2 heterocycles. The van der Waals surface area contributed by atoms with Gasteiger partial charge in [-0.15, -0.1) is 0 Å². The van der Waals surface area contributed by atoms with Crippen molar-refractivity contribution in [3.8, 4) is 11.5 Å². The quantitative estimate of drug-likeness (QED) is 0.126. The average molecular weight is 541 g/mol. The van der Waals surface area contributed by atoms with Crippen LogP contribution < -0.4 is 14.4 Å². The van der Waals surface area contributed by atoms with Gasteiger partial charge in [0, 0.05) is 5.56 Å². The maximum Gasteiger partial charge on any atom is 0.301 e. The number of carbonyl (C=O) groups excluding carboxylic acids is 2. The molecule has 198 valence electrons. The molecule has 0 spiro atoms. The molecule has 0 saturated carbocycles. The molecule has 0 bridgehead atoms. The van der Waals surface area contributed by atoms with Gasteiger partial charge in [0.2, 0.25) is 0 Å². The lowest BCUT2D eigenvalue weighted by Crippen LogP contribution is -2.29. The Labute approximate surface area is 230 Å². The smallest absolute Gasteiger partial charge is 0.301 e. The van der Waals surface area contributed by atoms with Gasteiger partial charge in [0.05, 0.1) is 28.9 Å². The van der Waals surface area contributed by atoms with Crippen molar-refractivity contribution in [2.75, 3.05) is 18.6 Å². The van der Waals surface area contributed by atoms with Crippen molar-refractivity contribution in [2.24, 2.45) is 0 Å². The second-order valence-corrected chi connectivity index (χ2v) is 10.5. The maximum absolute atomic E-state index is 13.6. The van der Waals surface area contributed by atoms with Gasteiger partial charge in [0.1, 0.15) is 23.9 Å². The van der Waals surface area contributed by atoms with E-state index >= 15 is 0 Å². The van der Waals surface area contributed by atoms with E-state index in [2.05, 4.69) is 6.58 Å². The molecule has 1 N–H and O–H groups in total. The highest BCUT2D eigenvalue weighted by Crippen LogP contribution is 2.45. The van der Waals surface area contributed by atoms with Gasteiger partial charge in [-0.25, -0.2) is 4.98 Å². The summed E-state index contributed by atoms with van der Waals surface area (Å²) in [4.78, 5) is 33.4. The lowest BCUT2D eigenvalue weighted by molar-refractivity contribution is -0.132. The fraction of sp³-hybridized carbons (Fsp3) is 0.194. The molecule has 1 aliphatic heterocycles. The van der Waals surface area contributed by atoms with Crippen LogP contribution in [0.2, 0.25) is 0 Å². The number of aryl methyl sites for hydroxylation is 3. The normalized spacial score (nSPS) is 16.6. The minimum absolute atomic E-state index is 0.0161. The first-order valence-corrected chi connectivity index (χ1v) is 13.2. The van der Waals surface area contributed by atoms with Crippen LogP contribution in [0.25, 0.3) is 16.0 Å². The summed E-state index contributed by atoms with van der Waals surface area (Å²) >= 11 is 1.34. The molecular formula is C31H28N2O5S. The topological polar surface area (TPSA) is 89.0 Å². The third-order valence-corrected chi connectivity index (χ3v) is 7.68. The standard InChI is InChI=1S/C31H28N2O5S/c1-6-12-38-22-9-7-8-20(16-22)27-25(28(34)21-10-11-23(37-5)18(3)15-21)29(35)30(36)33(27)31-32-26-19(4)13-17(2)14-24(26)39-31/h6-11,13-16,27,34H,1,12H2,2-5H3/b28-25+/t27-/m0/s1. The molecule has 8 heteroatoms. The zero-order valence-electron chi connectivity index (χ0n) is 22.1. The highest BCUT2D eigenvalue weighted by atomic mass is 32.1. The Kier molecular flexibility index (Phi) is 6.97. The van der Waals surface area contributed by atoms with Crippen molar-refractivity contribution in [2.45, 2.75) is 26.8 Å². The molecular weight excluding hydrogens is 512 g/mol. The predicted molar refractivity (Wildman–Crippen MR) is 154 cm³/mol. The van der Waals surface area contributed by atoms with E-state index in [9.17, 15) is 14.7 Å². The summed E-state index contributed by atoms with van der Waals surface area (Å²) in [6.45, 7) is 9.80. The summed E-state index contributed by atoms with van der Waals surface area (Å²) in [7, 11) is 1.57. The Balaban J connectivity index is 1.73. The van der Waals surface area contributed by atoms with Gasteiger partial charge in [0.25, 0.3) is 5.78 Å². The summed E-state index contributed by atoms with van der Waals surface area (Å²) in [5.41, 5.74) is 4.61. The minimum Gasteiger partial charge on any atom is -0.507 e. The number of carbonyl (C=O) groups is 2. The molecule has 0 aliphatic carbocycles. The van der Waals surface area contributed by atoms with Crippen LogP contribution in [0.15, 0.2) is 72.8 Å². The maximum atomic E-state index is 13.6. The summed E-state index contributed by atoms with van der Waals surface area (Å²) in [5, 5.41) is 11.9. The first-order valence-electron chi connectivity index (χ1n) is 12.4. The van der Waals surface area contributed by atoms with E-state index in [0.29, 0.717) is 34.4 Å².